The Morgan fingerprint density at radius 2 is 1.94 bits per heavy atom. The van der Waals surface area contributed by atoms with Crippen LogP contribution in [0.5, 0.6) is 5.75 Å². The Bertz CT molecular complexity index is 448. The van der Waals surface area contributed by atoms with Gasteiger partial charge in [-0.2, -0.15) is 0 Å². The molecule has 1 aromatic carbocycles. The molecule has 0 aliphatic carbocycles. The molecule has 0 spiro atoms. The van der Waals surface area contributed by atoms with Crippen molar-refractivity contribution in [3.8, 4) is 5.75 Å². The number of hydrogen-bond acceptors (Lipinski definition) is 3. The number of phenolic OH excluding ortho intramolecular Hbond substituents is 1. The number of rotatable bonds is 1. The first-order chi connectivity index (χ1) is 8.47. The number of aryl methyl sites for hydroxylation is 1. The second kappa shape index (κ2) is 4.98. The molecule has 1 aliphatic heterocycles. The zero-order valence-electron chi connectivity index (χ0n) is 11.0. The van der Waals surface area contributed by atoms with Crippen LogP contribution in [0.1, 0.15) is 29.8 Å². The molecule has 0 saturated carbocycles. The van der Waals surface area contributed by atoms with Gasteiger partial charge in [0.05, 0.1) is 17.8 Å². The van der Waals surface area contributed by atoms with E-state index < -0.39 is 0 Å². The molecule has 98 valence electrons. The Morgan fingerprint density at radius 1 is 1.33 bits per heavy atom. The van der Waals surface area contributed by atoms with Crippen LogP contribution in [-0.2, 0) is 4.74 Å². The van der Waals surface area contributed by atoms with Gasteiger partial charge in [0, 0.05) is 13.1 Å². The van der Waals surface area contributed by atoms with Gasteiger partial charge in [0.25, 0.3) is 5.91 Å². The van der Waals surface area contributed by atoms with Gasteiger partial charge in [-0.15, -0.1) is 0 Å². The van der Waals surface area contributed by atoms with Gasteiger partial charge < -0.3 is 14.7 Å². The summed E-state index contributed by atoms with van der Waals surface area (Å²) in [6, 6.07) is 5.12. The second-order valence-electron chi connectivity index (χ2n) is 4.99. The summed E-state index contributed by atoms with van der Waals surface area (Å²) in [7, 11) is 0. The smallest absolute Gasteiger partial charge is 0.257 e. The molecule has 1 aliphatic rings. The number of carbonyl (C=O) groups is 1. The van der Waals surface area contributed by atoms with E-state index in [1.165, 1.54) is 0 Å². The van der Waals surface area contributed by atoms with Crippen LogP contribution in [0.15, 0.2) is 18.2 Å². The largest absolute Gasteiger partial charge is 0.507 e. The SMILES string of the molecule is Cc1ccc(C(=O)N2C[C@@H](C)O[C@@H](C)C2)c(O)c1. The molecule has 1 amide bonds. The first kappa shape index (κ1) is 12.9. The first-order valence-electron chi connectivity index (χ1n) is 6.21. The van der Waals surface area contributed by atoms with Crippen molar-refractivity contribution in [1.82, 2.24) is 4.90 Å². The maximum atomic E-state index is 12.3. The van der Waals surface area contributed by atoms with Gasteiger partial charge in [0.2, 0.25) is 0 Å². The normalized spacial score (nSPS) is 24.1. The van der Waals surface area contributed by atoms with Crippen LogP contribution in [0, 0.1) is 6.92 Å². The Hall–Kier alpha value is -1.55. The molecule has 0 bridgehead atoms. The van der Waals surface area contributed by atoms with Gasteiger partial charge in [0.1, 0.15) is 5.75 Å². The third kappa shape index (κ3) is 2.64. The number of carbonyl (C=O) groups excluding carboxylic acids is 1. The Labute approximate surface area is 107 Å². The van der Waals surface area contributed by atoms with E-state index in [9.17, 15) is 9.90 Å². The lowest BCUT2D eigenvalue weighted by Crippen LogP contribution is -2.48. The lowest BCUT2D eigenvalue weighted by atomic mass is 10.1. The van der Waals surface area contributed by atoms with Gasteiger partial charge >= 0.3 is 0 Å². The molecule has 18 heavy (non-hydrogen) atoms. The highest BCUT2D eigenvalue weighted by Gasteiger charge is 2.27. The molecule has 2 rings (SSSR count). The van der Waals surface area contributed by atoms with Crippen molar-refractivity contribution in [2.45, 2.75) is 33.0 Å². The van der Waals surface area contributed by atoms with E-state index in [1.807, 2.05) is 26.8 Å². The summed E-state index contributed by atoms with van der Waals surface area (Å²) in [5.41, 5.74) is 1.30. The third-order valence-electron chi connectivity index (χ3n) is 3.09. The van der Waals surface area contributed by atoms with Gasteiger partial charge in [-0.25, -0.2) is 0 Å². The molecule has 1 saturated heterocycles. The van der Waals surface area contributed by atoms with Crippen LogP contribution in [0.2, 0.25) is 0 Å². The lowest BCUT2D eigenvalue weighted by molar-refractivity contribution is -0.0586. The first-order valence-corrected chi connectivity index (χ1v) is 6.21. The zero-order chi connectivity index (χ0) is 13.3. The molecule has 0 aromatic heterocycles. The summed E-state index contributed by atoms with van der Waals surface area (Å²) in [4.78, 5) is 14.1. The van der Waals surface area contributed by atoms with Crippen LogP contribution in [0.3, 0.4) is 0 Å². The number of benzene rings is 1. The van der Waals surface area contributed by atoms with Crippen molar-refractivity contribution in [2.24, 2.45) is 0 Å². The van der Waals surface area contributed by atoms with E-state index in [2.05, 4.69) is 0 Å². The molecule has 4 heteroatoms. The molecule has 4 nitrogen and oxygen atoms in total. The summed E-state index contributed by atoms with van der Waals surface area (Å²) in [5, 5.41) is 9.85. The molecule has 0 radical (unpaired) electrons. The van der Waals surface area contributed by atoms with E-state index >= 15 is 0 Å². The predicted molar refractivity (Wildman–Crippen MR) is 68.8 cm³/mol. The summed E-state index contributed by atoms with van der Waals surface area (Å²) < 4.78 is 5.60. The summed E-state index contributed by atoms with van der Waals surface area (Å²) in [5.74, 6) is -0.0821. The fraction of sp³-hybridized carbons (Fsp3) is 0.500. The van der Waals surface area contributed by atoms with Gasteiger partial charge in [0.15, 0.2) is 0 Å². The molecule has 1 fully saturated rings. The van der Waals surface area contributed by atoms with E-state index in [4.69, 9.17) is 4.74 Å². The summed E-state index contributed by atoms with van der Waals surface area (Å²) in [6.45, 7) is 6.91. The molecule has 1 heterocycles. The number of ether oxygens (including phenoxy) is 1. The fourth-order valence-corrected chi connectivity index (χ4v) is 2.34. The minimum absolute atomic E-state index is 0.0327. The van der Waals surface area contributed by atoms with Crippen molar-refractivity contribution in [3.05, 3.63) is 29.3 Å². The monoisotopic (exact) mass is 249 g/mol. The van der Waals surface area contributed by atoms with Crippen LogP contribution in [-0.4, -0.2) is 41.2 Å². The van der Waals surface area contributed by atoms with Gasteiger partial charge in [-0.1, -0.05) is 6.07 Å². The molecular weight excluding hydrogens is 230 g/mol. The van der Waals surface area contributed by atoms with Crippen molar-refractivity contribution < 1.29 is 14.6 Å². The molecule has 1 N–H and O–H groups in total. The Kier molecular flexibility index (Phi) is 3.57. The van der Waals surface area contributed by atoms with Crippen LogP contribution in [0.4, 0.5) is 0 Å². The predicted octanol–water partition coefficient (Wildman–Crippen LogP) is 1.95. The highest BCUT2D eigenvalue weighted by Crippen LogP contribution is 2.22. The minimum atomic E-state index is -0.130. The van der Waals surface area contributed by atoms with E-state index in [1.54, 1.807) is 17.0 Å². The van der Waals surface area contributed by atoms with E-state index in [0.29, 0.717) is 18.7 Å². The number of morpholine rings is 1. The van der Waals surface area contributed by atoms with Gasteiger partial charge in [-0.05, 0) is 38.5 Å². The number of phenols is 1. The molecule has 2 atom stereocenters. The van der Waals surface area contributed by atoms with Gasteiger partial charge in [-0.3, -0.25) is 4.79 Å². The lowest BCUT2D eigenvalue weighted by Gasteiger charge is -2.35. The van der Waals surface area contributed by atoms with Crippen molar-refractivity contribution in [2.75, 3.05) is 13.1 Å². The number of aromatic hydroxyl groups is 1. The minimum Gasteiger partial charge on any atom is -0.507 e. The van der Waals surface area contributed by atoms with E-state index in [-0.39, 0.29) is 23.9 Å². The van der Waals surface area contributed by atoms with E-state index in [0.717, 1.165) is 5.56 Å². The zero-order valence-corrected chi connectivity index (χ0v) is 11.0. The quantitative estimate of drug-likeness (QED) is 0.827. The van der Waals surface area contributed by atoms with Crippen LogP contribution in [0.25, 0.3) is 0 Å². The third-order valence-corrected chi connectivity index (χ3v) is 3.09. The maximum absolute atomic E-state index is 12.3. The van der Waals surface area contributed by atoms with Crippen LogP contribution >= 0.6 is 0 Å². The number of hydrogen-bond donors (Lipinski definition) is 1. The summed E-state index contributed by atoms with van der Waals surface area (Å²) in [6.07, 6.45) is 0.0654. The molecule has 1 aromatic rings. The fourth-order valence-electron chi connectivity index (χ4n) is 2.34. The second-order valence-corrected chi connectivity index (χ2v) is 4.99. The van der Waals surface area contributed by atoms with Crippen molar-refractivity contribution in [3.63, 3.8) is 0 Å². The average molecular weight is 249 g/mol. The topological polar surface area (TPSA) is 49.8 Å². The summed E-state index contributed by atoms with van der Waals surface area (Å²) >= 11 is 0. The number of amides is 1. The maximum Gasteiger partial charge on any atom is 0.257 e. The van der Waals surface area contributed by atoms with Crippen LogP contribution < -0.4 is 0 Å². The van der Waals surface area contributed by atoms with Crippen molar-refractivity contribution >= 4 is 5.91 Å². The molecule has 0 unspecified atom stereocenters. The van der Waals surface area contributed by atoms with Crippen molar-refractivity contribution in [1.29, 1.82) is 0 Å². The average Bonchev–Trinajstić information content (AvgIpc) is 2.26. The Morgan fingerprint density at radius 3 is 2.50 bits per heavy atom. The highest BCUT2D eigenvalue weighted by molar-refractivity contribution is 5.97. The highest BCUT2D eigenvalue weighted by atomic mass is 16.5. The Balaban J connectivity index is 2.20. The standard InChI is InChI=1S/C14H19NO3/c1-9-4-5-12(13(16)6-9)14(17)15-7-10(2)18-11(3)8-15/h4-6,10-11,16H,7-8H2,1-3H3/t10-,11+. The number of nitrogens with zero attached hydrogens (tertiary/aromatic N) is 1. The molecular formula is C14H19NO3.